The highest BCUT2D eigenvalue weighted by atomic mass is 16.5. The summed E-state index contributed by atoms with van der Waals surface area (Å²) in [5.74, 6) is 2.18. The van der Waals surface area contributed by atoms with Crippen molar-refractivity contribution in [3.05, 3.63) is 42.0 Å². The van der Waals surface area contributed by atoms with Crippen molar-refractivity contribution >= 4 is 11.4 Å². The molecule has 0 unspecified atom stereocenters. The van der Waals surface area contributed by atoms with E-state index in [-0.39, 0.29) is 0 Å². The first-order valence-electron chi connectivity index (χ1n) is 6.56. The minimum atomic E-state index is 0.588. The minimum absolute atomic E-state index is 0.588. The van der Waals surface area contributed by atoms with Gasteiger partial charge in [0.2, 0.25) is 0 Å². The summed E-state index contributed by atoms with van der Waals surface area (Å²) in [7, 11) is 4.86. The smallest absolute Gasteiger partial charge is 0.143 e. The van der Waals surface area contributed by atoms with Gasteiger partial charge in [0, 0.05) is 18.2 Å². The van der Waals surface area contributed by atoms with Crippen molar-refractivity contribution in [2.75, 3.05) is 32.4 Å². The van der Waals surface area contributed by atoms with Crippen molar-refractivity contribution in [1.82, 2.24) is 0 Å². The van der Waals surface area contributed by atoms with E-state index < -0.39 is 0 Å². The van der Waals surface area contributed by atoms with Gasteiger partial charge in [0.15, 0.2) is 0 Å². The van der Waals surface area contributed by atoms with Gasteiger partial charge in [-0.2, -0.15) is 0 Å². The van der Waals surface area contributed by atoms with E-state index in [1.54, 1.807) is 21.3 Å². The molecule has 0 saturated carbocycles. The van der Waals surface area contributed by atoms with Crippen LogP contribution < -0.4 is 25.3 Å². The van der Waals surface area contributed by atoms with Crippen molar-refractivity contribution in [2.24, 2.45) is 0 Å². The Morgan fingerprint density at radius 3 is 2.38 bits per heavy atom. The lowest BCUT2D eigenvalue weighted by molar-refractivity contribution is 0.391. The predicted octanol–water partition coefficient (Wildman–Crippen LogP) is 2.91. The van der Waals surface area contributed by atoms with Crippen LogP contribution in [0.15, 0.2) is 36.4 Å². The molecule has 5 heteroatoms. The summed E-state index contributed by atoms with van der Waals surface area (Å²) in [5, 5.41) is 3.29. The molecule has 0 amide bonds. The summed E-state index contributed by atoms with van der Waals surface area (Å²) in [6.45, 7) is 0.588. The maximum Gasteiger partial charge on any atom is 0.143 e. The van der Waals surface area contributed by atoms with E-state index in [9.17, 15) is 0 Å². The third kappa shape index (κ3) is 3.31. The molecule has 0 aliphatic carbocycles. The van der Waals surface area contributed by atoms with Gasteiger partial charge in [-0.1, -0.05) is 6.07 Å². The number of nitrogen functional groups attached to an aromatic ring is 1. The van der Waals surface area contributed by atoms with E-state index in [4.69, 9.17) is 19.9 Å². The van der Waals surface area contributed by atoms with Crippen LogP contribution >= 0.6 is 0 Å². The molecule has 0 spiro atoms. The predicted molar refractivity (Wildman–Crippen MR) is 84.3 cm³/mol. The topological polar surface area (TPSA) is 65.7 Å². The quantitative estimate of drug-likeness (QED) is 0.800. The fourth-order valence-electron chi connectivity index (χ4n) is 2.06. The van der Waals surface area contributed by atoms with Gasteiger partial charge in [-0.05, 0) is 24.3 Å². The molecule has 2 aromatic rings. The van der Waals surface area contributed by atoms with E-state index in [0.717, 1.165) is 22.7 Å². The fraction of sp³-hybridized carbons (Fsp3) is 0.250. The second-order valence-corrected chi connectivity index (χ2v) is 4.45. The highest BCUT2D eigenvalue weighted by molar-refractivity contribution is 5.73. The van der Waals surface area contributed by atoms with Crippen LogP contribution in [0.1, 0.15) is 5.56 Å². The first kappa shape index (κ1) is 14.8. The number of benzene rings is 2. The Labute approximate surface area is 124 Å². The van der Waals surface area contributed by atoms with E-state index in [2.05, 4.69) is 5.32 Å². The van der Waals surface area contributed by atoms with Crippen LogP contribution in [0.2, 0.25) is 0 Å². The Morgan fingerprint density at radius 2 is 1.71 bits per heavy atom. The molecule has 0 heterocycles. The molecule has 0 saturated heterocycles. The summed E-state index contributed by atoms with van der Waals surface area (Å²) in [6.07, 6.45) is 0. The summed E-state index contributed by atoms with van der Waals surface area (Å²) in [6, 6.07) is 11.3. The Balaban J connectivity index is 2.16. The number of anilines is 2. The number of nitrogens with one attached hydrogen (secondary N) is 1. The van der Waals surface area contributed by atoms with Gasteiger partial charge in [-0.3, -0.25) is 0 Å². The Morgan fingerprint density at radius 1 is 0.952 bits per heavy atom. The average molecular weight is 288 g/mol. The summed E-state index contributed by atoms with van der Waals surface area (Å²) in [5.41, 5.74) is 8.47. The first-order chi connectivity index (χ1) is 10.2. The Hall–Kier alpha value is -2.56. The Bertz CT molecular complexity index is 614. The lowest BCUT2D eigenvalue weighted by Crippen LogP contribution is -2.05. The molecule has 0 radical (unpaired) electrons. The van der Waals surface area contributed by atoms with Crippen LogP contribution in [-0.4, -0.2) is 21.3 Å². The first-order valence-corrected chi connectivity index (χ1v) is 6.56. The summed E-state index contributed by atoms with van der Waals surface area (Å²) < 4.78 is 15.8. The Kier molecular flexibility index (Phi) is 4.77. The summed E-state index contributed by atoms with van der Waals surface area (Å²) in [4.78, 5) is 0. The molecule has 2 aromatic carbocycles. The maximum absolute atomic E-state index is 6.04. The van der Waals surface area contributed by atoms with E-state index in [0.29, 0.717) is 18.0 Å². The van der Waals surface area contributed by atoms with Gasteiger partial charge >= 0.3 is 0 Å². The van der Waals surface area contributed by atoms with E-state index in [1.165, 1.54) is 0 Å². The molecule has 0 atom stereocenters. The molecule has 21 heavy (non-hydrogen) atoms. The molecule has 0 fully saturated rings. The largest absolute Gasteiger partial charge is 0.497 e. The SMILES string of the molecule is COc1ccc(CNc2cccc(OC)c2N)c(OC)c1. The zero-order chi connectivity index (χ0) is 15.2. The van der Waals surface area contributed by atoms with Gasteiger partial charge in [0.05, 0.1) is 32.7 Å². The fourth-order valence-corrected chi connectivity index (χ4v) is 2.06. The van der Waals surface area contributed by atoms with Gasteiger partial charge in [-0.25, -0.2) is 0 Å². The second kappa shape index (κ2) is 6.74. The van der Waals surface area contributed by atoms with Crippen LogP contribution in [0.5, 0.6) is 17.2 Å². The monoisotopic (exact) mass is 288 g/mol. The van der Waals surface area contributed by atoms with Crippen molar-refractivity contribution in [1.29, 1.82) is 0 Å². The molecule has 5 nitrogen and oxygen atoms in total. The zero-order valence-corrected chi connectivity index (χ0v) is 12.5. The molecule has 0 aromatic heterocycles. The molecular weight excluding hydrogens is 268 g/mol. The lowest BCUT2D eigenvalue weighted by atomic mass is 10.1. The third-order valence-electron chi connectivity index (χ3n) is 3.25. The van der Waals surface area contributed by atoms with Crippen LogP contribution in [0.25, 0.3) is 0 Å². The highest BCUT2D eigenvalue weighted by Gasteiger charge is 2.08. The third-order valence-corrected chi connectivity index (χ3v) is 3.25. The van der Waals surface area contributed by atoms with Crippen LogP contribution in [-0.2, 0) is 6.54 Å². The number of methoxy groups -OCH3 is 3. The molecular formula is C16H20N2O3. The molecule has 0 aliphatic rings. The van der Waals surface area contributed by atoms with Crippen molar-refractivity contribution < 1.29 is 14.2 Å². The van der Waals surface area contributed by atoms with Crippen molar-refractivity contribution in [3.8, 4) is 17.2 Å². The second-order valence-electron chi connectivity index (χ2n) is 4.45. The van der Waals surface area contributed by atoms with E-state index in [1.807, 2.05) is 36.4 Å². The zero-order valence-electron chi connectivity index (χ0n) is 12.5. The lowest BCUT2D eigenvalue weighted by Gasteiger charge is -2.14. The van der Waals surface area contributed by atoms with Crippen LogP contribution in [0.4, 0.5) is 11.4 Å². The normalized spacial score (nSPS) is 10.0. The maximum atomic E-state index is 6.04. The molecule has 0 bridgehead atoms. The van der Waals surface area contributed by atoms with Gasteiger partial charge in [0.25, 0.3) is 0 Å². The number of para-hydroxylation sites is 1. The van der Waals surface area contributed by atoms with Crippen molar-refractivity contribution in [3.63, 3.8) is 0 Å². The number of rotatable bonds is 6. The van der Waals surface area contributed by atoms with Crippen LogP contribution in [0, 0.1) is 0 Å². The molecule has 112 valence electrons. The molecule has 2 rings (SSSR count). The highest BCUT2D eigenvalue weighted by Crippen LogP contribution is 2.30. The molecule has 3 N–H and O–H groups in total. The number of ether oxygens (including phenoxy) is 3. The van der Waals surface area contributed by atoms with Gasteiger partial charge in [0.1, 0.15) is 17.2 Å². The number of nitrogens with two attached hydrogens (primary N) is 1. The van der Waals surface area contributed by atoms with Crippen LogP contribution in [0.3, 0.4) is 0 Å². The summed E-state index contributed by atoms with van der Waals surface area (Å²) >= 11 is 0. The average Bonchev–Trinajstić information content (AvgIpc) is 2.53. The minimum Gasteiger partial charge on any atom is -0.497 e. The number of hydrogen-bond donors (Lipinski definition) is 2. The molecule has 0 aliphatic heterocycles. The van der Waals surface area contributed by atoms with Gasteiger partial charge < -0.3 is 25.3 Å². The standard InChI is InChI=1S/C16H20N2O3/c1-19-12-8-7-11(15(9-12)21-3)10-18-13-5-4-6-14(20-2)16(13)17/h4-9,18H,10,17H2,1-3H3. The number of hydrogen-bond acceptors (Lipinski definition) is 5. The van der Waals surface area contributed by atoms with Crippen molar-refractivity contribution in [2.45, 2.75) is 6.54 Å². The van der Waals surface area contributed by atoms with E-state index >= 15 is 0 Å². The van der Waals surface area contributed by atoms with Gasteiger partial charge in [-0.15, -0.1) is 0 Å².